The first kappa shape index (κ1) is 25.4. The minimum absolute atomic E-state index is 0.0426. The van der Waals surface area contributed by atoms with Gasteiger partial charge in [-0.3, -0.25) is 14.2 Å². The maximum Gasteiger partial charge on any atom is 0.268 e. The Morgan fingerprint density at radius 2 is 1.82 bits per heavy atom. The smallest absolute Gasteiger partial charge is 0.268 e. The van der Waals surface area contributed by atoms with Gasteiger partial charge < -0.3 is 4.74 Å². The highest BCUT2D eigenvalue weighted by molar-refractivity contribution is 7.99. The number of aryl methyl sites for hydroxylation is 1. The summed E-state index contributed by atoms with van der Waals surface area (Å²) in [5.74, 6) is 0.481. The van der Waals surface area contributed by atoms with Gasteiger partial charge in [-0.15, -0.1) is 11.3 Å². The maximum absolute atomic E-state index is 13.9. The van der Waals surface area contributed by atoms with E-state index in [1.807, 2.05) is 91.2 Å². The van der Waals surface area contributed by atoms with Crippen LogP contribution in [0.5, 0.6) is 5.75 Å². The molecule has 0 aliphatic rings. The van der Waals surface area contributed by atoms with Crippen LogP contribution < -0.4 is 15.7 Å². The Morgan fingerprint density at radius 3 is 2.53 bits per heavy atom. The van der Waals surface area contributed by atoms with Gasteiger partial charge in [0, 0.05) is 10.9 Å². The highest BCUT2D eigenvalue weighted by atomic mass is 32.2. The second-order valence-corrected chi connectivity index (χ2v) is 10.2. The number of ether oxygens (including phenoxy) is 1. The average Bonchev–Trinajstić information content (AvgIpc) is 3.37. The molecule has 0 fully saturated rings. The fraction of sp³-hybridized carbons (Fsp3) is 0.103. The van der Waals surface area contributed by atoms with Crippen molar-refractivity contribution in [1.29, 1.82) is 0 Å². The number of thioether (sulfide) groups is 1. The number of methoxy groups -OCH3 is 1. The van der Waals surface area contributed by atoms with Gasteiger partial charge in [0.15, 0.2) is 5.16 Å². The standard InChI is InChI=1S/C29H24N4O3S2/c1-19-8-12-21(13-9-19)24-17-37-27-26(24)28(35)33(22-6-4-3-5-7-22)29(31-27)38-18-25(34)32-30-16-20-10-14-23(36-2)15-11-20/h3-17H,18H2,1-2H3,(H,32,34)/b30-16-. The van der Waals surface area contributed by atoms with Crippen molar-refractivity contribution in [2.45, 2.75) is 12.1 Å². The zero-order valence-electron chi connectivity index (χ0n) is 20.8. The van der Waals surface area contributed by atoms with Crippen LogP contribution in [-0.4, -0.2) is 34.5 Å². The first-order valence-corrected chi connectivity index (χ1v) is 13.7. The molecule has 0 aliphatic carbocycles. The summed E-state index contributed by atoms with van der Waals surface area (Å²) in [6.07, 6.45) is 1.56. The lowest BCUT2D eigenvalue weighted by Crippen LogP contribution is -2.24. The van der Waals surface area contributed by atoms with E-state index in [9.17, 15) is 9.59 Å². The third-order valence-electron chi connectivity index (χ3n) is 5.81. The van der Waals surface area contributed by atoms with Crippen molar-refractivity contribution in [1.82, 2.24) is 15.0 Å². The fourth-order valence-electron chi connectivity index (χ4n) is 3.85. The fourth-order valence-corrected chi connectivity index (χ4v) is 5.64. The molecule has 9 heteroatoms. The number of fused-ring (bicyclic) bond motifs is 1. The molecule has 2 aromatic heterocycles. The molecule has 1 amide bonds. The number of carbonyl (C=O) groups excluding carboxylic acids is 1. The summed E-state index contributed by atoms with van der Waals surface area (Å²) in [6, 6.07) is 24.8. The number of aromatic nitrogens is 2. The van der Waals surface area contributed by atoms with Crippen LogP contribution in [0.1, 0.15) is 11.1 Å². The normalized spacial score (nSPS) is 11.2. The van der Waals surface area contributed by atoms with Gasteiger partial charge in [0.25, 0.3) is 11.5 Å². The molecule has 190 valence electrons. The zero-order chi connectivity index (χ0) is 26.5. The molecule has 0 aliphatic heterocycles. The van der Waals surface area contributed by atoms with Gasteiger partial charge in [-0.1, -0.05) is 59.8 Å². The van der Waals surface area contributed by atoms with Gasteiger partial charge >= 0.3 is 0 Å². The summed E-state index contributed by atoms with van der Waals surface area (Å²) >= 11 is 2.62. The van der Waals surface area contributed by atoms with E-state index in [-0.39, 0.29) is 17.2 Å². The van der Waals surface area contributed by atoms with Gasteiger partial charge in [-0.05, 0) is 54.4 Å². The molecular weight excluding hydrogens is 516 g/mol. The van der Waals surface area contributed by atoms with Crippen LogP contribution in [-0.2, 0) is 4.79 Å². The molecule has 0 saturated heterocycles. The molecule has 7 nitrogen and oxygen atoms in total. The Balaban J connectivity index is 1.42. The highest BCUT2D eigenvalue weighted by Crippen LogP contribution is 2.33. The molecule has 0 atom stereocenters. The predicted molar refractivity (Wildman–Crippen MR) is 155 cm³/mol. The SMILES string of the molecule is COc1ccc(/C=N\NC(=O)CSc2nc3scc(-c4ccc(C)cc4)c3c(=O)n2-c2ccccc2)cc1. The first-order chi connectivity index (χ1) is 18.5. The summed E-state index contributed by atoms with van der Waals surface area (Å²) in [6.45, 7) is 2.03. The second-order valence-electron chi connectivity index (χ2n) is 8.42. The molecule has 5 aromatic rings. The van der Waals surface area contributed by atoms with Gasteiger partial charge in [0.1, 0.15) is 10.6 Å². The lowest BCUT2D eigenvalue weighted by atomic mass is 10.1. The van der Waals surface area contributed by atoms with Crippen molar-refractivity contribution in [3.63, 3.8) is 0 Å². The average molecular weight is 541 g/mol. The van der Waals surface area contributed by atoms with Crippen molar-refractivity contribution in [3.8, 4) is 22.6 Å². The number of carbonyl (C=O) groups is 1. The molecular formula is C29H24N4O3S2. The Labute approximate surface area is 227 Å². The molecule has 0 spiro atoms. The maximum atomic E-state index is 13.9. The first-order valence-electron chi connectivity index (χ1n) is 11.8. The van der Waals surface area contributed by atoms with Crippen LogP contribution in [0.25, 0.3) is 27.0 Å². The number of nitrogens with one attached hydrogen (secondary N) is 1. The summed E-state index contributed by atoms with van der Waals surface area (Å²) in [7, 11) is 1.60. The van der Waals surface area contributed by atoms with Gasteiger partial charge in [0.05, 0.1) is 30.2 Å². The van der Waals surface area contributed by atoms with E-state index in [4.69, 9.17) is 9.72 Å². The van der Waals surface area contributed by atoms with Gasteiger partial charge in [-0.25, -0.2) is 10.4 Å². The number of benzene rings is 3. The lowest BCUT2D eigenvalue weighted by molar-refractivity contribution is -0.118. The molecule has 5 rings (SSSR count). The van der Waals surface area contributed by atoms with E-state index in [0.29, 0.717) is 21.1 Å². The Kier molecular flexibility index (Phi) is 7.67. The summed E-state index contributed by atoms with van der Waals surface area (Å²) < 4.78 is 6.72. The molecule has 1 N–H and O–H groups in total. The third kappa shape index (κ3) is 5.53. The predicted octanol–water partition coefficient (Wildman–Crippen LogP) is 5.67. The van der Waals surface area contributed by atoms with E-state index in [0.717, 1.165) is 28.0 Å². The van der Waals surface area contributed by atoms with Crippen molar-refractivity contribution in [2.75, 3.05) is 12.9 Å². The quantitative estimate of drug-likeness (QED) is 0.119. The van der Waals surface area contributed by atoms with Crippen molar-refractivity contribution >= 4 is 45.4 Å². The Morgan fingerprint density at radius 1 is 1.08 bits per heavy atom. The summed E-state index contributed by atoms with van der Waals surface area (Å²) in [4.78, 5) is 31.9. The van der Waals surface area contributed by atoms with Crippen LogP contribution >= 0.6 is 23.1 Å². The molecule has 38 heavy (non-hydrogen) atoms. The lowest BCUT2D eigenvalue weighted by Gasteiger charge is -2.12. The molecule has 0 saturated carbocycles. The number of hydrogen-bond donors (Lipinski definition) is 1. The van der Waals surface area contributed by atoms with Crippen LogP contribution in [0.4, 0.5) is 0 Å². The summed E-state index contributed by atoms with van der Waals surface area (Å²) in [5.41, 5.74) is 6.86. The number of para-hydroxylation sites is 1. The summed E-state index contributed by atoms with van der Waals surface area (Å²) in [5, 5.41) is 7.02. The molecule has 2 heterocycles. The third-order valence-corrected chi connectivity index (χ3v) is 7.62. The number of nitrogens with zero attached hydrogens (tertiary/aromatic N) is 3. The van der Waals surface area contributed by atoms with Crippen LogP contribution in [0.3, 0.4) is 0 Å². The van der Waals surface area contributed by atoms with Gasteiger partial charge in [-0.2, -0.15) is 5.10 Å². The molecule has 0 unspecified atom stereocenters. The van der Waals surface area contributed by atoms with E-state index >= 15 is 0 Å². The largest absolute Gasteiger partial charge is 0.497 e. The van der Waals surface area contributed by atoms with Crippen LogP contribution in [0, 0.1) is 6.92 Å². The van der Waals surface area contributed by atoms with Crippen molar-refractivity contribution in [2.24, 2.45) is 5.10 Å². The Hall–Kier alpha value is -4.21. The number of hydrogen-bond acceptors (Lipinski definition) is 7. The van der Waals surface area contributed by atoms with Crippen molar-refractivity contribution in [3.05, 3.63) is 106 Å². The van der Waals surface area contributed by atoms with Crippen molar-refractivity contribution < 1.29 is 9.53 Å². The number of rotatable bonds is 8. The zero-order valence-corrected chi connectivity index (χ0v) is 22.4. The number of thiophene rings is 1. The topological polar surface area (TPSA) is 85.6 Å². The minimum atomic E-state index is -0.305. The number of amides is 1. The van der Waals surface area contributed by atoms with E-state index in [2.05, 4.69) is 10.5 Å². The monoisotopic (exact) mass is 540 g/mol. The van der Waals surface area contributed by atoms with Gasteiger partial charge in [0.2, 0.25) is 0 Å². The van der Waals surface area contributed by atoms with E-state index in [1.54, 1.807) is 17.9 Å². The van der Waals surface area contributed by atoms with E-state index in [1.165, 1.54) is 23.1 Å². The molecule has 0 radical (unpaired) electrons. The highest BCUT2D eigenvalue weighted by Gasteiger charge is 2.19. The number of hydrazone groups is 1. The molecule has 0 bridgehead atoms. The van der Waals surface area contributed by atoms with Crippen LogP contribution in [0.15, 0.2) is 99.3 Å². The second kappa shape index (κ2) is 11.5. The van der Waals surface area contributed by atoms with E-state index < -0.39 is 0 Å². The molecule has 3 aromatic carbocycles. The minimum Gasteiger partial charge on any atom is -0.497 e. The Bertz CT molecular complexity index is 1660. The van der Waals surface area contributed by atoms with Crippen LogP contribution in [0.2, 0.25) is 0 Å².